The number of carbonyl (C=O) groups is 1. The van der Waals surface area contributed by atoms with E-state index in [2.05, 4.69) is 15.3 Å². The summed E-state index contributed by atoms with van der Waals surface area (Å²) in [4.78, 5) is 26.7. The summed E-state index contributed by atoms with van der Waals surface area (Å²) in [5.74, 6) is 2.15. The minimum atomic E-state index is -0.0834. The minimum absolute atomic E-state index is 0.0246. The molecule has 1 saturated carbocycles. The molecule has 26 heavy (non-hydrogen) atoms. The Balaban J connectivity index is 1.33. The van der Waals surface area contributed by atoms with Gasteiger partial charge < -0.3 is 14.6 Å². The van der Waals surface area contributed by atoms with E-state index < -0.39 is 0 Å². The number of hydrogen-bond donors (Lipinski definition) is 1. The van der Waals surface area contributed by atoms with Crippen LogP contribution in [0.5, 0.6) is 0 Å². The van der Waals surface area contributed by atoms with Crippen molar-refractivity contribution < 1.29 is 9.21 Å². The molecule has 4 rings (SSSR count). The van der Waals surface area contributed by atoms with Crippen molar-refractivity contribution in [3.05, 3.63) is 46.3 Å². The predicted molar refractivity (Wildman–Crippen MR) is 96.8 cm³/mol. The summed E-state index contributed by atoms with van der Waals surface area (Å²) in [6, 6.07) is 5.40. The maximum absolute atomic E-state index is 12.4. The maximum atomic E-state index is 12.4. The largest absolute Gasteiger partial charge is 0.465 e. The molecule has 0 spiro atoms. The normalized spacial score (nSPS) is 19.7. The molecular formula is C19H24N4O3. The van der Waals surface area contributed by atoms with E-state index in [4.69, 9.17) is 4.42 Å². The number of rotatable bonds is 6. The van der Waals surface area contributed by atoms with Gasteiger partial charge in [-0.25, -0.2) is 4.68 Å². The van der Waals surface area contributed by atoms with Crippen LogP contribution < -0.4 is 15.8 Å². The van der Waals surface area contributed by atoms with Gasteiger partial charge in [0.2, 0.25) is 5.91 Å². The van der Waals surface area contributed by atoms with Crippen LogP contribution in [-0.2, 0) is 17.9 Å². The van der Waals surface area contributed by atoms with Crippen molar-refractivity contribution in [2.24, 2.45) is 11.8 Å². The number of aromatic nitrogens is 2. The third-order valence-electron chi connectivity index (χ3n) is 5.14. The number of hydrogen-bond acceptors (Lipinski definition) is 5. The van der Waals surface area contributed by atoms with Crippen LogP contribution in [0.3, 0.4) is 0 Å². The van der Waals surface area contributed by atoms with E-state index in [0.29, 0.717) is 19.0 Å². The molecule has 1 amide bonds. The number of furan rings is 1. The Morgan fingerprint density at radius 3 is 2.88 bits per heavy atom. The lowest BCUT2D eigenvalue weighted by Gasteiger charge is -2.18. The summed E-state index contributed by atoms with van der Waals surface area (Å²) in [6.45, 7) is 4.37. The van der Waals surface area contributed by atoms with Crippen LogP contribution >= 0.6 is 0 Å². The fraction of sp³-hybridized carbons (Fsp3) is 0.526. The first-order valence-electron chi connectivity index (χ1n) is 9.23. The predicted octanol–water partition coefficient (Wildman–Crippen LogP) is 1.70. The third-order valence-corrected chi connectivity index (χ3v) is 5.14. The molecular weight excluding hydrogens is 332 g/mol. The van der Waals surface area contributed by atoms with E-state index >= 15 is 0 Å². The smallest absolute Gasteiger partial charge is 0.268 e. The molecule has 1 aliphatic heterocycles. The van der Waals surface area contributed by atoms with Crippen molar-refractivity contribution in [3.63, 3.8) is 0 Å². The zero-order chi connectivity index (χ0) is 18.1. The zero-order valence-electron chi connectivity index (χ0n) is 15.0. The summed E-state index contributed by atoms with van der Waals surface area (Å²) in [5.41, 5.74) is 0.745. The highest BCUT2D eigenvalue weighted by molar-refractivity contribution is 5.80. The second-order valence-corrected chi connectivity index (χ2v) is 7.34. The van der Waals surface area contributed by atoms with Gasteiger partial charge in [0.25, 0.3) is 5.56 Å². The second-order valence-electron chi connectivity index (χ2n) is 7.34. The van der Waals surface area contributed by atoms with Crippen LogP contribution in [0, 0.1) is 18.8 Å². The Morgan fingerprint density at radius 1 is 1.35 bits per heavy atom. The molecule has 1 N–H and O–H groups in total. The summed E-state index contributed by atoms with van der Waals surface area (Å²) in [6.07, 6.45) is 4.90. The standard InChI is InChI=1S/C19H24N4O3/c1-13-2-5-17(26-13)10-20-19(25)15-6-7-22(12-15)16-8-18(24)23(21-9-16)11-14-3-4-14/h2,5,8-9,14-15H,3-4,6-7,10-12H2,1H3,(H,20,25). The van der Waals surface area contributed by atoms with Crippen molar-refractivity contribution in [1.29, 1.82) is 0 Å². The van der Waals surface area contributed by atoms with Gasteiger partial charge in [0.1, 0.15) is 11.5 Å². The molecule has 0 radical (unpaired) electrons. The van der Waals surface area contributed by atoms with Crippen LogP contribution in [-0.4, -0.2) is 28.8 Å². The van der Waals surface area contributed by atoms with Crippen LogP contribution in [0.25, 0.3) is 0 Å². The summed E-state index contributed by atoms with van der Waals surface area (Å²) in [5, 5.41) is 7.24. The van der Waals surface area contributed by atoms with Gasteiger partial charge in [-0.2, -0.15) is 5.10 Å². The molecule has 2 aromatic heterocycles. The molecule has 7 heteroatoms. The van der Waals surface area contributed by atoms with Gasteiger partial charge in [-0.15, -0.1) is 0 Å². The number of amides is 1. The van der Waals surface area contributed by atoms with E-state index in [1.165, 1.54) is 12.8 Å². The molecule has 2 aromatic rings. The molecule has 2 fully saturated rings. The second kappa shape index (κ2) is 6.97. The van der Waals surface area contributed by atoms with E-state index in [9.17, 15) is 9.59 Å². The molecule has 0 aromatic carbocycles. The molecule has 2 aliphatic rings. The topological polar surface area (TPSA) is 80.4 Å². The Bertz CT molecular complexity index is 852. The minimum Gasteiger partial charge on any atom is -0.465 e. The van der Waals surface area contributed by atoms with Gasteiger partial charge in [-0.1, -0.05) is 0 Å². The fourth-order valence-corrected chi connectivity index (χ4v) is 3.39. The monoisotopic (exact) mass is 356 g/mol. The molecule has 3 heterocycles. The molecule has 1 unspecified atom stereocenters. The molecule has 138 valence electrons. The lowest BCUT2D eigenvalue weighted by atomic mass is 10.1. The van der Waals surface area contributed by atoms with Crippen LogP contribution in [0.4, 0.5) is 5.69 Å². The molecule has 1 saturated heterocycles. The molecule has 1 aliphatic carbocycles. The van der Waals surface area contributed by atoms with Crippen LogP contribution in [0.2, 0.25) is 0 Å². The van der Waals surface area contributed by atoms with E-state index in [-0.39, 0.29) is 17.4 Å². The first kappa shape index (κ1) is 16.9. The number of aryl methyl sites for hydroxylation is 1. The molecule has 1 atom stereocenters. The lowest BCUT2D eigenvalue weighted by Crippen LogP contribution is -2.33. The van der Waals surface area contributed by atoms with Gasteiger partial charge in [0.15, 0.2) is 0 Å². The highest BCUT2D eigenvalue weighted by Crippen LogP contribution is 2.30. The average Bonchev–Trinajstić information content (AvgIpc) is 3.13. The fourth-order valence-electron chi connectivity index (χ4n) is 3.39. The Labute approximate surface area is 152 Å². The Hall–Kier alpha value is -2.57. The van der Waals surface area contributed by atoms with Crippen molar-refractivity contribution in [3.8, 4) is 0 Å². The molecule has 7 nitrogen and oxygen atoms in total. The summed E-state index contributed by atoms with van der Waals surface area (Å²) >= 11 is 0. The quantitative estimate of drug-likeness (QED) is 0.852. The number of carbonyl (C=O) groups excluding carboxylic acids is 1. The SMILES string of the molecule is Cc1ccc(CNC(=O)C2CCN(c3cnn(CC4CC4)c(=O)c3)C2)o1. The first-order chi connectivity index (χ1) is 12.6. The van der Waals surface area contributed by atoms with Crippen LogP contribution in [0.15, 0.2) is 33.6 Å². The number of anilines is 1. The van der Waals surface area contributed by atoms with Crippen LogP contribution in [0.1, 0.15) is 30.8 Å². The Kier molecular flexibility index (Phi) is 4.53. The van der Waals surface area contributed by atoms with Gasteiger partial charge in [-0.05, 0) is 44.2 Å². The summed E-state index contributed by atoms with van der Waals surface area (Å²) < 4.78 is 7.02. The lowest BCUT2D eigenvalue weighted by molar-refractivity contribution is -0.124. The maximum Gasteiger partial charge on any atom is 0.268 e. The van der Waals surface area contributed by atoms with Crippen molar-refractivity contribution in [2.45, 2.75) is 39.3 Å². The van der Waals surface area contributed by atoms with Crippen molar-refractivity contribution in [1.82, 2.24) is 15.1 Å². The molecule has 0 bridgehead atoms. The van der Waals surface area contributed by atoms with E-state index in [1.807, 2.05) is 19.1 Å². The van der Waals surface area contributed by atoms with Gasteiger partial charge in [0.05, 0.1) is 24.3 Å². The zero-order valence-corrected chi connectivity index (χ0v) is 15.0. The Morgan fingerprint density at radius 2 is 2.19 bits per heavy atom. The average molecular weight is 356 g/mol. The highest BCUT2D eigenvalue weighted by Gasteiger charge is 2.29. The number of nitrogens with one attached hydrogen (secondary N) is 1. The first-order valence-corrected chi connectivity index (χ1v) is 9.23. The summed E-state index contributed by atoms with van der Waals surface area (Å²) in [7, 11) is 0. The van der Waals surface area contributed by atoms with E-state index in [0.717, 1.165) is 36.7 Å². The number of nitrogens with zero attached hydrogens (tertiary/aromatic N) is 3. The third kappa shape index (κ3) is 3.81. The van der Waals surface area contributed by atoms with Gasteiger partial charge >= 0.3 is 0 Å². The highest BCUT2D eigenvalue weighted by atomic mass is 16.3. The van der Waals surface area contributed by atoms with E-state index in [1.54, 1.807) is 16.9 Å². The van der Waals surface area contributed by atoms with Crippen molar-refractivity contribution in [2.75, 3.05) is 18.0 Å². The van der Waals surface area contributed by atoms with Gasteiger partial charge in [-0.3, -0.25) is 9.59 Å². The van der Waals surface area contributed by atoms with Gasteiger partial charge in [0, 0.05) is 25.7 Å². The van der Waals surface area contributed by atoms with Crippen molar-refractivity contribution >= 4 is 11.6 Å².